The Labute approximate surface area is 125 Å². The third kappa shape index (κ3) is 2.73. The van der Waals surface area contributed by atoms with Gasteiger partial charge in [-0.1, -0.05) is 18.2 Å². The number of anilines is 2. The van der Waals surface area contributed by atoms with E-state index >= 15 is 0 Å². The largest absolute Gasteiger partial charge is 0.370 e. The smallest absolute Gasteiger partial charge is 0.191 e. The van der Waals surface area contributed by atoms with Gasteiger partial charge in [0.25, 0.3) is 0 Å². The zero-order valence-electron chi connectivity index (χ0n) is 12.4. The SMILES string of the molecule is CCNc1cc(N2CCCC3CCCC32)nc(SC)n1. The highest BCUT2D eigenvalue weighted by molar-refractivity contribution is 7.98. The molecule has 1 aliphatic carbocycles. The van der Waals surface area contributed by atoms with Gasteiger partial charge < -0.3 is 10.2 Å². The quantitative estimate of drug-likeness (QED) is 0.680. The topological polar surface area (TPSA) is 41.0 Å². The van der Waals surface area contributed by atoms with E-state index < -0.39 is 0 Å². The van der Waals surface area contributed by atoms with Crippen LogP contribution in [0.3, 0.4) is 0 Å². The maximum absolute atomic E-state index is 4.76. The first-order chi connectivity index (χ1) is 9.81. The van der Waals surface area contributed by atoms with Crippen molar-refractivity contribution in [1.29, 1.82) is 0 Å². The van der Waals surface area contributed by atoms with Crippen LogP contribution in [0.4, 0.5) is 11.6 Å². The minimum atomic E-state index is 0.711. The van der Waals surface area contributed by atoms with Gasteiger partial charge in [0.2, 0.25) is 0 Å². The number of hydrogen-bond donors (Lipinski definition) is 1. The Balaban J connectivity index is 1.89. The van der Waals surface area contributed by atoms with Crippen LogP contribution in [0.15, 0.2) is 11.2 Å². The molecule has 0 aromatic carbocycles. The summed E-state index contributed by atoms with van der Waals surface area (Å²) in [4.78, 5) is 11.8. The molecule has 2 unspecified atom stereocenters. The van der Waals surface area contributed by atoms with Crippen molar-refractivity contribution >= 4 is 23.4 Å². The molecule has 0 spiro atoms. The fraction of sp³-hybridized carbons (Fsp3) is 0.733. The van der Waals surface area contributed by atoms with E-state index in [-0.39, 0.29) is 0 Å². The van der Waals surface area contributed by atoms with Gasteiger partial charge in [0.1, 0.15) is 11.6 Å². The first-order valence-electron chi connectivity index (χ1n) is 7.75. The zero-order chi connectivity index (χ0) is 13.9. The molecule has 2 aliphatic rings. The van der Waals surface area contributed by atoms with Crippen molar-refractivity contribution in [2.75, 3.05) is 29.6 Å². The molecule has 1 aromatic heterocycles. The van der Waals surface area contributed by atoms with E-state index in [9.17, 15) is 0 Å². The number of nitrogens with zero attached hydrogens (tertiary/aromatic N) is 3. The zero-order valence-corrected chi connectivity index (χ0v) is 13.2. The predicted octanol–water partition coefficient (Wildman–Crippen LogP) is 3.40. The molecule has 2 atom stereocenters. The van der Waals surface area contributed by atoms with E-state index in [0.29, 0.717) is 6.04 Å². The van der Waals surface area contributed by atoms with Crippen LogP contribution in [0, 0.1) is 5.92 Å². The highest BCUT2D eigenvalue weighted by Gasteiger charge is 2.35. The highest BCUT2D eigenvalue weighted by Crippen LogP contribution is 2.39. The Morgan fingerprint density at radius 3 is 2.95 bits per heavy atom. The van der Waals surface area contributed by atoms with Gasteiger partial charge in [-0.15, -0.1) is 0 Å². The van der Waals surface area contributed by atoms with Crippen LogP contribution in [0.25, 0.3) is 0 Å². The van der Waals surface area contributed by atoms with Gasteiger partial charge in [-0.05, 0) is 44.8 Å². The number of aromatic nitrogens is 2. The highest BCUT2D eigenvalue weighted by atomic mass is 32.2. The summed E-state index contributed by atoms with van der Waals surface area (Å²) in [6.45, 7) is 4.16. The Morgan fingerprint density at radius 2 is 2.15 bits per heavy atom. The van der Waals surface area contributed by atoms with Crippen LogP contribution in [-0.4, -0.2) is 35.4 Å². The van der Waals surface area contributed by atoms with Crippen LogP contribution in [0.5, 0.6) is 0 Å². The summed E-state index contributed by atoms with van der Waals surface area (Å²) >= 11 is 1.62. The molecule has 1 N–H and O–H groups in total. The van der Waals surface area contributed by atoms with Crippen LogP contribution >= 0.6 is 11.8 Å². The molecule has 2 heterocycles. The first kappa shape index (κ1) is 14.0. The second-order valence-electron chi connectivity index (χ2n) is 5.72. The van der Waals surface area contributed by atoms with Crippen LogP contribution < -0.4 is 10.2 Å². The number of thioether (sulfide) groups is 1. The van der Waals surface area contributed by atoms with Crippen molar-refractivity contribution in [2.45, 2.75) is 50.2 Å². The predicted molar refractivity (Wildman–Crippen MR) is 85.7 cm³/mol. The van der Waals surface area contributed by atoms with Crippen LogP contribution in [-0.2, 0) is 0 Å². The molecule has 3 rings (SSSR count). The molecule has 0 radical (unpaired) electrons. The van der Waals surface area contributed by atoms with Crippen LogP contribution in [0.1, 0.15) is 39.0 Å². The average Bonchev–Trinajstić information content (AvgIpc) is 2.95. The van der Waals surface area contributed by atoms with Crippen molar-refractivity contribution in [3.05, 3.63) is 6.07 Å². The molecule has 1 saturated heterocycles. The van der Waals surface area contributed by atoms with E-state index in [1.807, 2.05) is 6.26 Å². The average molecular weight is 292 g/mol. The summed E-state index contributed by atoms with van der Waals surface area (Å²) in [5, 5.41) is 4.20. The van der Waals surface area contributed by atoms with Gasteiger partial charge >= 0.3 is 0 Å². The minimum absolute atomic E-state index is 0.711. The minimum Gasteiger partial charge on any atom is -0.370 e. The van der Waals surface area contributed by atoms with Crippen molar-refractivity contribution < 1.29 is 0 Å². The van der Waals surface area contributed by atoms with E-state index in [1.165, 1.54) is 32.1 Å². The maximum atomic E-state index is 4.76. The normalized spacial score (nSPS) is 25.6. The number of piperidine rings is 1. The Morgan fingerprint density at radius 1 is 1.30 bits per heavy atom. The fourth-order valence-electron chi connectivity index (χ4n) is 3.66. The lowest BCUT2D eigenvalue weighted by Crippen LogP contribution is -2.43. The van der Waals surface area contributed by atoms with E-state index in [1.54, 1.807) is 11.8 Å². The molecule has 4 nitrogen and oxygen atoms in total. The van der Waals surface area contributed by atoms with Crippen molar-refractivity contribution in [3.8, 4) is 0 Å². The molecule has 20 heavy (non-hydrogen) atoms. The number of rotatable bonds is 4. The molecule has 1 saturated carbocycles. The summed E-state index contributed by atoms with van der Waals surface area (Å²) in [6.07, 6.45) is 8.87. The van der Waals surface area contributed by atoms with Gasteiger partial charge in [-0.2, -0.15) is 0 Å². The lowest BCUT2D eigenvalue weighted by atomic mass is 9.92. The van der Waals surface area contributed by atoms with Gasteiger partial charge in [-0.25, -0.2) is 9.97 Å². The van der Waals surface area contributed by atoms with Crippen molar-refractivity contribution in [2.24, 2.45) is 5.92 Å². The molecule has 110 valence electrons. The van der Waals surface area contributed by atoms with E-state index in [2.05, 4.69) is 28.2 Å². The Kier molecular flexibility index (Phi) is 4.34. The van der Waals surface area contributed by atoms with Crippen molar-refractivity contribution in [1.82, 2.24) is 9.97 Å². The molecular formula is C15H24N4S. The molecule has 5 heteroatoms. The Hall–Kier alpha value is -0.970. The molecule has 2 fully saturated rings. The summed E-state index contributed by atoms with van der Waals surface area (Å²) < 4.78 is 0. The van der Waals surface area contributed by atoms with Gasteiger partial charge in [-0.3, -0.25) is 0 Å². The van der Waals surface area contributed by atoms with Crippen molar-refractivity contribution in [3.63, 3.8) is 0 Å². The Bertz CT molecular complexity index is 465. The molecule has 1 aliphatic heterocycles. The molecule has 0 bridgehead atoms. The van der Waals surface area contributed by atoms with E-state index in [0.717, 1.165) is 35.8 Å². The summed E-state index contributed by atoms with van der Waals surface area (Å²) in [5.41, 5.74) is 0. The van der Waals surface area contributed by atoms with Crippen LogP contribution in [0.2, 0.25) is 0 Å². The summed E-state index contributed by atoms with van der Waals surface area (Å²) in [7, 11) is 0. The first-order valence-corrected chi connectivity index (χ1v) is 8.98. The molecular weight excluding hydrogens is 268 g/mol. The maximum Gasteiger partial charge on any atom is 0.191 e. The third-order valence-electron chi connectivity index (χ3n) is 4.52. The summed E-state index contributed by atoms with van der Waals surface area (Å²) in [5.74, 6) is 2.97. The number of nitrogens with one attached hydrogen (secondary N) is 1. The number of fused-ring (bicyclic) bond motifs is 1. The summed E-state index contributed by atoms with van der Waals surface area (Å²) in [6, 6.07) is 2.84. The third-order valence-corrected chi connectivity index (χ3v) is 5.07. The van der Waals surface area contributed by atoms with Gasteiger partial charge in [0.05, 0.1) is 0 Å². The molecule has 1 aromatic rings. The lowest BCUT2D eigenvalue weighted by molar-refractivity contribution is 0.360. The second kappa shape index (κ2) is 6.20. The second-order valence-corrected chi connectivity index (χ2v) is 6.50. The lowest BCUT2D eigenvalue weighted by Gasteiger charge is -2.38. The monoisotopic (exact) mass is 292 g/mol. The van der Waals surface area contributed by atoms with Gasteiger partial charge in [0, 0.05) is 25.2 Å². The van der Waals surface area contributed by atoms with Gasteiger partial charge in [0.15, 0.2) is 5.16 Å². The van der Waals surface area contributed by atoms with E-state index in [4.69, 9.17) is 4.98 Å². The fourth-order valence-corrected chi connectivity index (χ4v) is 4.04. The standard InChI is InChI=1S/C15H24N4S/c1-3-16-13-10-14(18-15(17-13)20-2)19-9-5-7-11-6-4-8-12(11)19/h10-12H,3-9H2,1-2H3,(H,16,17,18). The molecule has 0 amide bonds. The number of hydrogen-bond acceptors (Lipinski definition) is 5.